The lowest BCUT2D eigenvalue weighted by Gasteiger charge is -2.16. The Labute approximate surface area is 163 Å². The Kier molecular flexibility index (Phi) is 5.02. The van der Waals surface area contributed by atoms with E-state index in [2.05, 4.69) is 10.3 Å². The molecule has 2 N–H and O–H groups in total. The van der Waals surface area contributed by atoms with Crippen LogP contribution in [0.5, 0.6) is 5.75 Å². The van der Waals surface area contributed by atoms with E-state index in [0.717, 1.165) is 34.3 Å². The molecule has 4 rings (SSSR count). The number of aromatic nitrogens is 1. The summed E-state index contributed by atoms with van der Waals surface area (Å²) in [4.78, 5) is 29.9. The Balaban J connectivity index is 1.38. The minimum absolute atomic E-state index is 0.0330. The van der Waals surface area contributed by atoms with Gasteiger partial charge in [-0.3, -0.25) is 9.59 Å². The molecule has 0 saturated carbocycles. The van der Waals surface area contributed by atoms with Gasteiger partial charge in [0.1, 0.15) is 5.75 Å². The van der Waals surface area contributed by atoms with Crippen molar-refractivity contribution >= 4 is 28.4 Å². The van der Waals surface area contributed by atoms with Crippen LogP contribution in [0.1, 0.15) is 12.0 Å². The summed E-state index contributed by atoms with van der Waals surface area (Å²) >= 11 is 0. The molecule has 0 aliphatic carbocycles. The molecule has 28 heavy (non-hydrogen) atoms. The van der Waals surface area contributed by atoms with Crippen LogP contribution < -0.4 is 10.1 Å². The number of carbonyl (C=O) groups excluding carboxylic acids is 2. The fraction of sp³-hybridized carbons (Fsp3) is 0.273. The van der Waals surface area contributed by atoms with Gasteiger partial charge in [0, 0.05) is 42.3 Å². The molecule has 0 radical (unpaired) electrons. The summed E-state index contributed by atoms with van der Waals surface area (Å²) in [7, 11) is 1.65. The van der Waals surface area contributed by atoms with E-state index < -0.39 is 0 Å². The van der Waals surface area contributed by atoms with Crippen molar-refractivity contribution in [3.05, 3.63) is 60.3 Å². The molecule has 1 saturated heterocycles. The van der Waals surface area contributed by atoms with E-state index in [1.165, 1.54) is 0 Å². The standard InChI is InChI=1S/C22H23N3O3/c1-28-18-7-8-20-19(12-18)15(13-23-20)9-10-25-14-16(11-21(25)26)22(27)24-17-5-3-2-4-6-17/h2-8,12-13,16,23H,9-11,14H2,1H3,(H,24,27)/t16-/m1/s1. The number of ether oxygens (including phenoxy) is 1. The molecular weight excluding hydrogens is 354 g/mol. The minimum Gasteiger partial charge on any atom is -0.497 e. The van der Waals surface area contributed by atoms with Crippen LogP contribution in [-0.4, -0.2) is 41.9 Å². The highest BCUT2D eigenvalue weighted by atomic mass is 16.5. The maximum absolute atomic E-state index is 12.5. The summed E-state index contributed by atoms with van der Waals surface area (Å²) in [6.07, 6.45) is 2.97. The van der Waals surface area contributed by atoms with Crippen molar-refractivity contribution in [1.82, 2.24) is 9.88 Å². The molecule has 144 valence electrons. The fourth-order valence-corrected chi connectivity index (χ4v) is 3.68. The van der Waals surface area contributed by atoms with Gasteiger partial charge in [-0.05, 0) is 42.3 Å². The summed E-state index contributed by atoms with van der Waals surface area (Å²) in [6.45, 7) is 1.06. The first kappa shape index (κ1) is 18.1. The second-order valence-electron chi connectivity index (χ2n) is 7.07. The highest BCUT2D eigenvalue weighted by Gasteiger charge is 2.34. The van der Waals surface area contributed by atoms with E-state index in [1.54, 1.807) is 12.0 Å². The van der Waals surface area contributed by atoms with Gasteiger partial charge in [-0.15, -0.1) is 0 Å². The summed E-state index contributed by atoms with van der Waals surface area (Å²) in [5.74, 6) is 0.434. The first-order valence-electron chi connectivity index (χ1n) is 9.42. The fourth-order valence-electron chi connectivity index (χ4n) is 3.68. The number of nitrogens with zero attached hydrogens (tertiary/aromatic N) is 1. The van der Waals surface area contributed by atoms with Crippen LogP contribution in [0.4, 0.5) is 5.69 Å². The molecule has 2 heterocycles. The highest BCUT2D eigenvalue weighted by molar-refractivity contribution is 5.97. The van der Waals surface area contributed by atoms with Crippen LogP contribution in [0.3, 0.4) is 0 Å². The summed E-state index contributed by atoms with van der Waals surface area (Å²) in [6, 6.07) is 15.2. The number of benzene rings is 2. The zero-order chi connectivity index (χ0) is 19.5. The number of amides is 2. The monoisotopic (exact) mass is 377 g/mol. The van der Waals surface area contributed by atoms with E-state index in [4.69, 9.17) is 4.74 Å². The predicted molar refractivity (Wildman–Crippen MR) is 108 cm³/mol. The van der Waals surface area contributed by atoms with Gasteiger partial charge in [-0.25, -0.2) is 0 Å². The third kappa shape index (κ3) is 3.71. The number of methoxy groups -OCH3 is 1. The van der Waals surface area contributed by atoms with Crippen LogP contribution in [0, 0.1) is 5.92 Å². The lowest BCUT2D eigenvalue weighted by Crippen LogP contribution is -2.29. The molecule has 1 aromatic heterocycles. The van der Waals surface area contributed by atoms with Gasteiger partial charge in [0.05, 0.1) is 13.0 Å². The first-order valence-corrected chi connectivity index (χ1v) is 9.42. The minimum atomic E-state index is -0.309. The van der Waals surface area contributed by atoms with Gasteiger partial charge in [-0.1, -0.05) is 18.2 Å². The Morgan fingerprint density at radius 2 is 2.07 bits per heavy atom. The van der Waals surface area contributed by atoms with Crippen molar-refractivity contribution in [2.45, 2.75) is 12.8 Å². The highest BCUT2D eigenvalue weighted by Crippen LogP contribution is 2.25. The number of carbonyl (C=O) groups is 2. The zero-order valence-electron chi connectivity index (χ0n) is 15.8. The lowest BCUT2D eigenvalue weighted by atomic mass is 10.1. The van der Waals surface area contributed by atoms with Crippen molar-refractivity contribution in [3.63, 3.8) is 0 Å². The number of H-pyrrole nitrogens is 1. The molecular formula is C22H23N3O3. The van der Waals surface area contributed by atoms with Crippen LogP contribution in [0.25, 0.3) is 10.9 Å². The smallest absolute Gasteiger partial charge is 0.229 e. The zero-order valence-corrected chi connectivity index (χ0v) is 15.8. The number of para-hydroxylation sites is 1. The van der Waals surface area contributed by atoms with Crippen molar-refractivity contribution in [2.24, 2.45) is 5.92 Å². The number of hydrogen-bond donors (Lipinski definition) is 2. The van der Waals surface area contributed by atoms with Crippen molar-refractivity contribution in [3.8, 4) is 5.75 Å². The van der Waals surface area contributed by atoms with E-state index >= 15 is 0 Å². The average molecular weight is 377 g/mol. The van der Waals surface area contributed by atoms with Crippen molar-refractivity contribution in [2.75, 3.05) is 25.5 Å². The molecule has 1 aliphatic rings. The van der Waals surface area contributed by atoms with E-state index in [-0.39, 0.29) is 24.2 Å². The second kappa shape index (κ2) is 7.76. The molecule has 1 atom stereocenters. The molecule has 6 heteroatoms. The lowest BCUT2D eigenvalue weighted by molar-refractivity contribution is -0.128. The largest absolute Gasteiger partial charge is 0.497 e. The molecule has 0 spiro atoms. The topological polar surface area (TPSA) is 74.4 Å². The van der Waals surface area contributed by atoms with Gasteiger partial charge in [-0.2, -0.15) is 0 Å². The summed E-state index contributed by atoms with van der Waals surface area (Å²) in [5.41, 5.74) is 2.94. The molecule has 3 aromatic rings. The number of likely N-dealkylation sites (tertiary alicyclic amines) is 1. The van der Waals surface area contributed by atoms with Crippen molar-refractivity contribution in [1.29, 1.82) is 0 Å². The van der Waals surface area contributed by atoms with Gasteiger partial charge in [0.25, 0.3) is 0 Å². The Morgan fingerprint density at radius 3 is 2.86 bits per heavy atom. The number of rotatable bonds is 6. The quantitative estimate of drug-likeness (QED) is 0.693. The maximum Gasteiger partial charge on any atom is 0.229 e. The Hall–Kier alpha value is -3.28. The summed E-state index contributed by atoms with van der Waals surface area (Å²) in [5, 5.41) is 4.00. The van der Waals surface area contributed by atoms with Crippen molar-refractivity contribution < 1.29 is 14.3 Å². The first-order chi connectivity index (χ1) is 13.6. The van der Waals surface area contributed by atoms with Crippen LogP contribution in [0.15, 0.2) is 54.7 Å². The van der Waals surface area contributed by atoms with Crippen LogP contribution >= 0.6 is 0 Å². The number of hydrogen-bond acceptors (Lipinski definition) is 3. The molecule has 1 aliphatic heterocycles. The molecule has 0 bridgehead atoms. The number of nitrogens with one attached hydrogen (secondary N) is 2. The maximum atomic E-state index is 12.5. The van der Waals surface area contributed by atoms with Crippen LogP contribution in [-0.2, 0) is 16.0 Å². The third-order valence-electron chi connectivity index (χ3n) is 5.25. The Bertz CT molecular complexity index is 997. The predicted octanol–water partition coefficient (Wildman–Crippen LogP) is 3.21. The van der Waals surface area contributed by atoms with E-state index in [1.807, 2.05) is 54.7 Å². The van der Waals surface area contributed by atoms with Gasteiger partial charge < -0.3 is 19.9 Å². The molecule has 1 fully saturated rings. The Morgan fingerprint density at radius 1 is 1.25 bits per heavy atom. The van der Waals surface area contributed by atoms with E-state index in [9.17, 15) is 9.59 Å². The second-order valence-corrected chi connectivity index (χ2v) is 7.07. The molecule has 2 amide bonds. The molecule has 0 unspecified atom stereocenters. The SMILES string of the molecule is COc1ccc2[nH]cc(CCN3C[C@H](C(=O)Nc4ccccc4)CC3=O)c2c1. The van der Waals surface area contributed by atoms with Gasteiger partial charge >= 0.3 is 0 Å². The normalized spacial score (nSPS) is 16.5. The van der Waals surface area contributed by atoms with E-state index in [0.29, 0.717) is 13.1 Å². The molecule has 2 aromatic carbocycles. The van der Waals surface area contributed by atoms with Gasteiger partial charge in [0.2, 0.25) is 11.8 Å². The third-order valence-corrected chi connectivity index (χ3v) is 5.25. The number of fused-ring (bicyclic) bond motifs is 1. The average Bonchev–Trinajstić information content (AvgIpc) is 3.29. The number of anilines is 1. The number of aromatic amines is 1. The van der Waals surface area contributed by atoms with Gasteiger partial charge in [0.15, 0.2) is 0 Å². The molecule has 6 nitrogen and oxygen atoms in total. The summed E-state index contributed by atoms with van der Waals surface area (Å²) < 4.78 is 5.31. The van der Waals surface area contributed by atoms with Crippen LogP contribution in [0.2, 0.25) is 0 Å².